The van der Waals surface area contributed by atoms with Gasteiger partial charge in [0.05, 0.1) is 6.04 Å². The molecule has 1 aromatic heterocycles. The average Bonchev–Trinajstić information content (AvgIpc) is 3.17. The van der Waals surface area contributed by atoms with Gasteiger partial charge in [-0.2, -0.15) is 4.98 Å². The van der Waals surface area contributed by atoms with Crippen LogP contribution in [0.2, 0.25) is 5.02 Å². The maximum absolute atomic E-state index is 12.5. The lowest BCUT2D eigenvalue weighted by molar-refractivity contribution is 0.0141. The molecule has 0 spiro atoms. The number of amides is 1. The molecule has 0 radical (unpaired) electrons. The van der Waals surface area contributed by atoms with Crippen LogP contribution in [0.3, 0.4) is 0 Å². The van der Waals surface area contributed by atoms with Crippen LogP contribution in [0.4, 0.5) is 10.7 Å². The molecule has 2 heterocycles. The number of benzene rings is 1. The summed E-state index contributed by atoms with van der Waals surface area (Å²) in [5.41, 5.74) is -0.488. The minimum atomic E-state index is -0.488. The van der Waals surface area contributed by atoms with Gasteiger partial charge in [-0.3, -0.25) is 0 Å². The topological polar surface area (TPSA) is 81.5 Å². The number of anilines is 1. The minimum absolute atomic E-state index is 0.0815. The largest absolute Gasteiger partial charge is 0.444 e. The summed E-state index contributed by atoms with van der Waals surface area (Å²) in [5.74, 6) is 1.83. The second kappa shape index (κ2) is 8.81. The van der Waals surface area contributed by atoms with Gasteiger partial charge in [0.1, 0.15) is 11.4 Å². The Morgan fingerprint density at radius 3 is 2.50 bits per heavy atom. The van der Waals surface area contributed by atoms with Crippen LogP contribution in [0, 0.1) is 11.8 Å². The van der Waals surface area contributed by atoms with Gasteiger partial charge in [-0.1, -0.05) is 17.7 Å². The number of fused-ring (bicyclic) bond motifs is 2. The fraction of sp³-hybridized carbons (Fsp3) is 0.609. The molecule has 2 aliphatic rings. The fourth-order valence-electron chi connectivity index (χ4n) is 4.49. The van der Waals surface area contributed by atoms with Crippen molar-refractivity contribution in [2.24, 2.45) is 11.8 Å². The molecule has 2 bridgehead atoms. The lowest BCUT2D eigenvalue weighted by Crippen LogP contribution is -2.51. The van der Waals surface area contributed by atoms with Crippen LogP contribution in [0.15, 0.2) is 24.3 Å². The van der Waals surface area contributed by atoms with E-state index in [2.05, 4.69) is 15.4 Å². The molecule has 174 valence electrons. The summed E-state index contributed by atoms with van der Waals surface area (Å²) in [6.07, 6.45) is 1.91. The van der Waals surface area contributed by atoms with E-state index < -0.39 is 5.60 Å². The van der Waals surface area contributed by atoms with Gasteiger partial charge in [0.15, 0.2) is 0 Å². The second-order valence-electron chi connectivity index (χ2n) is 9.97. The molecule has 4 rings (SSSR count). The molecule has 1 saturated carbocycles. The van der Waals surface area contributed by atoms with E-state index in [4.69, 9.17) is 21.1 Å². The summed E-state index contributed by atoms with van der Waals surface area (Å²) in [4.78, 5) is 19.0. The van der Waals surface area contributed by atoms with Gasteiger partial charge in [-0.15, -0.1) is 5.10 Å². The summed E-state index contributed by atoms with van der Waals surface area (Å²) in [5, 5.41) is 8.79. The van der Waals surface area contributed by atoms with Gasteiger partial charge in [0.25, 0.3) is 0 Å². The lowest BCUT2D eigenvalue weighted by Gasteiger charge is -2.38. The number of nitrogens with one attached hydrogen (secondary N) is 1. The van der Waals surface area contributed by atoms with Crippen molar-refractivity contribution >= 4 is 23.6 Å². The van der Waals surface area contributed by atoms with Crippen molar-refractivity contribution in [2.45, 2.75) is 65.1 Å². The van der Waals surface area contributed by atoms with Crippen molar-refractivity contribution in [3.8, 4) is 11.8 Å². The first kappa shape index (κ1) is 22.7. The number of halogens is 1. The lowest BCUT2D eigenvalue weighted by atomic mass is 9.92. The van der Waals surface area contributed by atoms with E-state index in [-0.39, 0.29) is 18.2 Å². The molecule has 8 nitrogen and oxygen atoms in total. The first-order valence-corrected chi connectivity index (χ1v) is 11.6. The number of piperidine rings is 1. The first-order valence-electron chi connectivity index (χ1n) is 11.2. The summed E-state index contributed by atoms with van der Waals surface area (Å²) < 4.78 is 13.3. The van der Waals surface area contributed by atoms with Crippen LogP contribution in [0.1, 0.15) is 53.5 Å². The van der Waals surface area contributed by atoms with Gasteiger partial charge in [0, 0.05) is 24.2 Å². The minimum Gasteiger partial charge on any atom is -0.444 e. The fourth-order valence-corrected chi connectivity index (χ4v) is 4.68. The van der Waals surface area contributed by atoms with Gasteiger partial charge in [-0.05, 0) is 77.5 Å². The van der Waals surface area contributed by atoms with Crippen LogP contribution in [0.25, 0.3) is 0 Å². The van der Waals surface area contributed by atoms with Crippen molar-refractivity contribution < 1.29 is 14.3 Å². The van der Waals surface area contributed by atoms with E-state index in [1.54, 1.807) is 16.8 Å². The maximum Gasteiger partial charge on any atom is 0.410 e. The number of hydrogen-bond donors (Lipinski definition) is 1. The molecular formula is C23H32ClN5O3. The van der Waals surface area contributed by atoms with E-state index in [1.165, 1.54) is 0 Å². The quantitative estimate of drug-likeness (QED) is 0.645. The standard InChI is InChI=1S/C23H32ClN5O3/c1-14(2)29-21(31-18-8-6-7-17(24)11-18)26-20(27-29)25-19-15-9-10-16(19)13-28(12-15)22(30)32-23(3,4)5/h6-8,11,14-16,19H,9-10,12-13H2,1-5H3,(H,25,27)/t15-,16+,19-. The van der Waals surface area contributed by atoms with E-state index in [1.807, 2.05) is 51.7 Å². The average molecular weight is 462 g/mol. The third-order valence-corrected chi connectivity index (χ3v) is 6.11. The number of carbonyl (C=O) groups is 1. The summed E-state index contributed by atoms with van der Waals surface area (Å²) in [6, 6.07) is 7.94. The molecule has 1 aliphatic heterocycles. The highest BCUT2D eigenvalue weighted by molar-refractivity contribution is 6.30. The van der Waals surface area contributed by atoms with Gasteiger partial charge in [-0.25, -0.2) is 9.48 Å². The predicted molar refractivity (Wildman–Crippen MR) is 123 cm³/mol. The molecule has 9 heteroatoms. The summed E-state index contributed by atoms with van der Waals surface area (Å²) >= 11 is 6.08. The third-order valence-electron chi connectivity index (χ3n) is 5.88. The molecular weight excluding hydrogens is 430 g/mol. The number of likely N-dealkylation sites (tertiary alicyclic amines) is 1. The van der Waals surface area contributed by atoms with Crippen LogP contribution >= 0.6 is 11.6 Å². The number of carbonyl (C=O) groups excluding carboxylic acids is 1. The number of nitrogens with zero attached hydrogens (tertiary/aromatic N) is 4. The Balaban J connectivity index is 1.46. The predicted octanol–water partition coefficient (Wildman–Crippen LogP) is 5.36. The summed E-state index contributed by atoms with van der Waals surface area (Å²) in [7, 11) is 0. The Labute approximate surface area is 194 Å². The van der Waals surface area contributed by atoms with Crippen molar-refractivity contribution in [3.63, 3.8) is 0 Å². The van der Waals surface area contributed by atoms with Crippen molar-refractivity contribution in [2.75, 3.05) is 18.4 Å². The first-order chi connectivity index (χ1) is 15.1. The van der Waals surface area contributed by atoms with E-state index in [0.29, 0.717) is 47.7 Å². The van der Waals surface area contributed by atoms with E-state index >= 15 is 0 Å². The molecule has 0 unspecified atom stereocenters. The van der Waals surface area contributed by atoms with Crippen LogP contribution in [0.5, 0.6) is 11.8 Å². The molecule has 3 atom stereocenters. The number of aromatic nitrogens is 3. The van der Waals surface area contributed by atoms with Crippen molar-refractivity contribution in [1.29, 1.82) is 0 Å². The molecule has 32 heavy (non-hydrogen) atoms. The molecule has 1 saturated heterocycles. The number of rotatable bonds is 5. The van der Waals surface area contributed by atoms with Crippen LogP contribution in [-0.2, 0) is 4.74 Å². The molecule has 2 aromatic rings. The normalized spacial score (nSPS) is 22.8. The molecule has 1 aromatic carbocycles. The monoisotopic (exact) mass is 461 g/mol. The maximum atomic E-state index is 12.5. The highest BCUT2D eigenvalue weighted by Gasteiger charge is 2.44. The highest BCUT2D eigenvalue weighted by atomic mass is 35.5. The zero-order valence-corrected chi connectivity index (χ0v) is 20.1. The molecule has 1 aliphatic carbocycles. The Bertz CT molecular complexity index is 957. The van der Waals surface area contributed by atoms with E-state index in [0.717, 1.165) is 12.8 Å². The molecule has 2 fully saturated rings. The molecule has 1 N–H and O–H groups in total. The van der Waals surface area contributed by atoms with E-state index in [9.17, 15) is 4.79 Å². The number of ether oxygens (including phenoxy) is 2. The Morgan fingerprint density at radius 2 is 1.91 bits per heavy atom. The Hall–Kier alpha value is -2.48. The zero-order valence-electron chi connectivity index (χ0n) is 19.3. The molecule has 1 amide bonds. The zero-order chi connectivity index (χ0) is 23.0. The third kappa shape index (κ3) is 5.11. The van der Waals surface area contributed by atoms with Crippen LogP contribution < -0.4 is 10.1 Å². The number of hydrogen-bond acceptors (Lipinski definition) is 6. The summed E-state index contributed by atoms with van der Waals surface area (Å²) in [6.45, 7) is 11.1. The van der Waals surface area contributed by atoms with Crippen LogP contribution in [-0.4, -0.2) is 50.5 Å². The van der Waals surface area contributed by atoms with Gasteiger partial charge < -0.3 is 19.7 Å². The second-order valence-corrected chi connectivity index (χ2v) is 10.4. The van der Waals surface area contributed by atoms with Crippen molar-refractivity contribution in [3.05, 3.63) is 29.3 Å². The van der Waals surface area contributed by atoms with Crippen molar-refractivity contribution in [1.82, 2.24) is 19.7 Å². The van der Waals surface area contributed by atoms with Gasteiger partial charge >= 0.3 is 12.1 Å². The van der Waals surface area contributed by atoms with Gasteiger partial charge in [0.2, 0.25) is 5.95 Å². The Morgan fingerprint density at radius 1 is 1.22 bits per heavy atom. The SMILES string of the molecule is CC(C)n1nc(N[C@@H]2[C@@H]3CC[C@H]2CN(C(=O)OC(C)(C)C)C3)nc1Oc1cccc(Cl)c1. The highest BCUT2D eigenvalue weighted by Crippen LogP contribution is 2.39. The smallest absolute Gasteiger partial charge is 0.410 e. The Kier molecular flexibility index (Phi) is 6.25.